The molecule has 22 heavy (non-hydrogen) atoms. The minimum atomic E-state index is -0.392. The molecule has 3 rings (SSSR count). The molecule has 110 valence electrons. The number of amides is 1. The summed E-state index contributed by atoms with van der Waals surface area (Å²) in [4.78, 5) is 20.5. The van der Waals surface area contributed by atoms with Crippen LogP contribution in [0.3, 0.4) is 0 Å². The third-order valence-corrected chi connectivity index (χ3v) is 3.08. The van der Waals surface area contributed by atoms with E-state index in [1.165, 1.54) is 31.4 Å². The highest BCUT2D eigenvalue weighted by Gasteiger charge is 2.08. The molecule has 2 heterocycles. The van der Waals surface area contributed by atoms with Gasteiger partial charge in [0.2, 0.25) is 5.88 Å². The number of aromatic nitrogens is 2. The maximum atomic E-state index is 12.9. The zero-order valence-corrected chi connectivity index (χ0v) is 11.7. The Morgan fingerprint density at radius 2 is 1.77 bits per heavy atom. The van der Waals surface area contributed by atoms with Gasteiger partial charge < -0.3 is 10.1 Å². The van der Waals surface area contributed by atoms with Gasteiger partial charge in [-0.25, -0.2) is 9.37 Å². The number of carbonyl (C=O) groups excluding carboxylic acids is 1. The Hall–Kier alpha value is -3.02. The lowest BCUT2D eigenvalue weighted by Gasteiger charge is -2.06. The van der Waals surface area contributed by atoms with Crippen molar-refractivity contribution in [2.45, 2.75) is 0 Å². The highest BCUT2D eigenvalue weighted by molar-refractivity contribution is 6.04. The zero-order chi connectivity index (χ0) is 15.5. The molecule has 0 aliphatic carbocycles. The van der Waals surface area contributed by atoms with Crippen molar-refractivity contribution in [3.63, 3.8) is 0 Å². The largest absolute Gasteiger partial charge is 0.481 e. The number of hydrogen-bond acceptors (Lipinski definition) is 4. The van der Waals surface area contributed by atoms with E-state index < -0.39 is 5.82 Å². The molecule has 0 fully saturated rings. The van der Waals surface area contributed by atoms with Crippen molar-refractivity contribution in [2.24, 2.45) is 0 Å². The first-order valence-corrected chi connectivity index (χ1v) is 6.54. The molecular formula is C16H12FN3O2. The highest BCUT2D eigenvalue weighted by atomic mass is 19.1. The number of rotatable bonds is 3. The van der Waals surface area contributed by atoms with Crippen molar-refractivity contribution in [3.05, 3.63) is 59.9 Å². The Kier molecular flexibility index (Phi) is 3.65. The maximum Gasteiger partial charge on any atom is 0.256 e. The summed E-state index contributed by atoms with van der Waals surface area (Å²) >= 11 is 0. The molecule has 5 nitrogen and oxygen atoms in total. The number of halogens is 1. The summed E-state index contributed by atoms with van der Waals surface area (Å²) in [5.41, 5.74) is 0.818. The first-order valence-electron chi connectivity index (χ1n) is 6.54. The molecule has 0 saturated carbocycles. The average molecular weight is 297 g/mol. The maximum absolute atomic E-state index is 12.9. The number of pyridine rings is 2. The first kappa shape index (κ1) is 13.9. The molecular weight excluding hydrogens is 285 g/mol. The summed E-state index contributed by atoms with van der Waals surface area (Å²) in [6.07, 6.45) is 0. The molecule has 3 aromatic rings. The number of benzene rings is 1. The average Bonchev–Trinajstić information content (AvgIpc) is 2.54. The monoisotopic (exact) mass is 297 g/mol. The van der Waals surface area contributed by atoms with Crippen LogP contribution in [-0.2, 0) is 0 Å². The van der Waals surface area contributed by atoms with Crippen molar-refractivity contribution in [1.82, 2.24) is 9.97 Å². The number of nitrogens with zero attached hydrogens (tertiary/aromatic N) is 2. The van der Waals surface area contributed by atoms with Gasteiger partial charge in [-0.05, 0) is 42.5 Å². The van der Waals surface area contributed by atoms with E-state index in [1.54, 1.807) is 18.2 Å². The Bertz CT molecular complexity index is 834. The van der Waals surface area contributed by atoms with Crippen molar-refractivity contribution in [2.75, 3.05) is 12.4 Å². The van der Waals surface area contributed by atoms with Crippen LogP contribution in [-0.4, -0.2) is 23.0 Å². The zero-order valence-electron chi connectivity index (χ0n) is 11.7. The van der Waals surface area contributed by atoms with Crippen LogP contribution in [0.4, 0.5) is 10.2 Å². The first-order chi connectivity index (χ1) is 10.7. The SMILES string of the molecule is COc1ccc2ccc(NC(=O)c3ccc(F)cc3)nc2n1. The number of ether oxygens (including phenoxy) is 1. The molecule has 0 unspecified atom stereocenters. The van der Waals surface area contributed by atoms with Crippen LogP contribution in [0.2, 0.25) is 0 Å². The second kappa shape index (κ2) is 5.77. The van der Waals surface area contributed by atoms with Crippen LogP contribution in [0.5, 0.6) is 5.88 Å². The fraction of sp³-hybridized carbons (Fsp3) is 0.0625. The van der Waals surface area contributed by atoms with Crippen LogP contribution < -0.4 is 10.1 Å². The van der Waals surface area contributed by atoms with Crippen LogP contribution in [0.25, 0.3) is 11.0 Å². The van der Waals surface area contributed by atoms with Gasteiger partial charge in [0.05, 0.1) is 7.11 Å². The quantitative estimate of drug-likeness (QED) is 0.807. The van der Waals surface area contributed by atoms with Crippen molar-refractivity contribution < 1.29 is 13.9 Å². The van der Waals surface area contributed by atoms with E-state index >= 15 is 0 Å². The molecule has 0 radical (unpaired) electrons. The van der Waals surface area contributed by atoms with E-state index in [0.717, 1.165) is 5.39 Å². The molecule has 0 saturated heterocycles. The normalized spacial score (nSPS) is 10.5. The summed E-state index contributed by atoms with van der Waals surface area (Å²) < 4.78 is 17.9. The summed E-state index contributed by atoms with van der Waals surface area (Å²) in [6, 6.07) is 12.3. The fourth-order valence-corrected chi connectivity index (χ4v) is 1.95. The molecule has 1 N–H and O–H groups in total. The lowest BCUT2D eigenvalue weighted by molar-refractivity contribution is 0.102. The van der Waals surface area contributed by atoms with Gasteiger partial charge in [0.25, 0.3) is 5.91 Å². The Morgan fingerprint density at radius 3 is 2.50 bits per heavy atom. The summed E-state index contributed by atoms with van der Waals surface area (Å²) in [5, 5.41) is 3.49. The number of fused-ring (bicyclic) bond motifs is 1. The summed E-state index contributed by atoms with van der Waals surface area (Å²) in [6.45, 7) is 0. The van der Waals surface area contributed by atoms with E-state index in [9.17, 15) is 9.18 Å². The number of methoxy groups -OCH3 is 1. The summed E-state index contributed by atoms with van der Waals surface area (Å²) in [7, 11) is 1.52. The fourth-order valence-electron chi connectivity index (χ4n) is 1.95. The lowest BCUT2D eigenvalue weighted by Crippen LogP contribution is -2.13. The van der Waals surface area contributed by atoms with Gasteiger partial charge in [0.1, 0.15) is 11.6 Å². The molecule has 1 amide bonds. The number of anilines is 1. The van der Waals surface area contributed by atoms with Gasteiger partial charge in [-0.2, -0.15) is 4.98 Å². The van der Waals surface area contributed by atoms with Gasteiger partial charge in [0.15, 0.2) is 5.65 Å². The second-order valence-electron chi connectivity index (χ2n) is 4.56. The molecule has 0 bridgehead atoms. The van der Waals surface area contributed by atoms with Crippen LogP contribution in [0, 0.1) is 5.82 Å². The molecule has 0 aliphatic heterocycles. The van der Waals surface area contributed by atoms with Crippen LogP contribution in [0.15, 0.2) is 48.5 Å². The smallest absolute Gasteiger partial charge is 0.256 e. The molecule has 0 atom stereocenters. The predicted octanol–water partition coefficient (Wildman–Crippen LogP) is 3.03. The number of hydrogen-bond donors (Lipinski definition) is 1. The van der Waals surface area contributed by atoms with Gasteiger partial charge >= 0.3 is 0 Å². The minimum Gasteiger partial charge on any atom is -0.481 e. The summed E-state index contributed by atoms with van der Waals surface area (Å²) in [5.74, 6) is 0.0519. The Morgan fingerprint density at radius 1 is 1.05 bits per heavy atom. The number of carbonyl (C=O) groups is 1. The molecule has 1 aromatic carbocycles. The van der Waals surface area contributed by atoms with Gasteiger partial charge in [0, 0.05) is 17.0 Å². The predicted molar refractivity (Wildman–Crippen MR) is 80.4 cm³/mol. The third kappa shape index (κ3) is 2.85. The van der Waals surface area contributed by atoms with Crippen molar-refractivity contribution in [1.29, 1.82) is 0 Å². The van der Waals surface area contributed by atoms with E-state index in [2.05, 4.69) is 15.3 Å². The Labute approximate surface area is 125 Å². The highest BCUT2D eigenvalue weighted by Crippen LogP contribution is 2.17. The molecule has 0 aliphatic rings. The van der Waals surface area contributed by atoms with E-state index in [1.807, 2.05) is 6.07 Å². The minimum absolute atomic E-state index is 0.349. The van der Waals surface area contributed by atoms with E-state index in [-0.39, 0.29) is 5.91 Å². The molecule has 2 aromatic heterocycles. The topological polar surface area (TPSA) is 64.1 Å². The Balaban J connectivity index is 1.86. The number of nitrogens with one attached hydrogen (secondary N) is 1. The van der Waals surface area contributed by atoms with Crippen LogP contribution in [0.1, 0.15) is 10.4 Å². The third-order valence-electron chi connectivity index (χ3n) is 3.08. The molecule has 6 heteroatoms. The van der Waals surface area contributed by atoms with Crippen molar-refractivity contribution >= 4 is 22.8 Å². The van der Waals surface area contributed by atoms with Gasteiger partial charge in [-0.15, -0.1) is 0 Å². The second-order valence-corrected chi connectivity index (χ2v) is 4.56. The van der Waals surface area contributed by atoms with Gasteiger partial charge in [-0.1, -0.05) is 0 Å². The lowest BCUT2D eigenvalue weighted by atomic mass is 10.2. The molecule has 0 spiro atoms. The van der Waals surface area contributed by atoms with Gasteiger partial charge in [-0.3, -0.25) is 4.79 Å². The van der Waals surface area contributed by atoms with E-state index in [4.69, 9.17) is 4.74 Å². The van der Waals surface area contributed by atoms with E-state index in [0.29, 0.717) is 22.9 Å². The standard InChI is InChI=1S/C16H12FN3O2/c1-22-14-9-5-10-4-8-13(18-15(10)20-14)19-16(21)11-2-6-12(17)7-3-11/h2-9H,1H3,(H,18,19,20,21). The van der Waals surface area contributed by atoms with Crippen molar-refractivity contribution in [3.8, 4) is 5.88 Å². The van der Waals surface area contributed by atoms with Crippen LogP contribution >= 0.6 is 0 Å².